The van der Waals surface area contributed by atoms with Crippen LogP contribution in [0, 0.1) is 11.6 Å². The molecule has 16 heavy (non-hydrogen) atoms. The summed E-state index contributed by atoms with van der Waals surface area (Å²) in [5.74, 6) is -0.788. The molecule has 2 rings (SSSR count). The van der Waals surface area contributed by atoms with E-state index in [1.807, 2.05) is 0 Å². The van der Waals surface area contributed by atoms with E-state index in [1.165, 1.54) is 36.4 Å². The lowest BCUT2D eigenvalue weighted by Gasteiger charge is -2.08. The van der Waals surface area contributed by atoms with Crippen molar-refractivity contribution in [3.63, 3.8) is 0 Å². The van der Waals surface area contributed by atoms with Gasteiger partial charge in [-0.05, 0) is 29.3 Å². The van der Waals surface area contributed by atoms with Crippen molar-refractivity contribution < 1.29 is 13.9 Å². The number of benzene rings is 2. The zero-order valence-corrected chi connectivity index (χ0v) is 8.45. The van der Waals surface area contributed by atoms with E-state index in [0.717, 1.165) is 0 Å². The molecule has 2 aromatic carbocycles. The third-order valence-electron chi connectivity index (χ3n) is 2.40. The molecule has 0 radical (unpaired) electrons. The zero-order chi connectivity index (χ0) is 11.5. The number of hydrogen-bond donors (Lipinski definition) is 1. The molecule has 1 N–H and O–H groups in total. The highest BCUT2D eigenvalue weighted by Crippen LogP contribution is 2.27. The first-order valence-electron chi connectivity index (χ1n) is 4.86. The average molecular weight is 220 g/mol. The third-order valence-corrected chi connectivity index (χ3v) is 2.40. The van der Waals surface area contributed by atoms with Gasteiger partial charge in [0.1, 0.15) is 11.6 Å². The van der Waals surface area contributed by atoms with Crippen LogP contribution in [0.15, 0.2) is 42.5 Å². The summed E-state index contributed by atoms with van der Waals surface area (Å²) < 4.78 is 26.4. The topological polar surface area (TPSA) is 20.2 Å². The Bertz CT molecular complexity index is 492. The normalized spacial score (nSPS) is 10.4. The first kappa shape index (κ1) is 10.8. The number of halogens is 2. The van der Waals surface area contributed by atoms with Crippen molar-refractivity contribution in [3.8, 4) is 11.1 Å². The second kappa shape index (κ2) is 4.41. The molecule has 1 nitrogen and oxygen atoms in total. The summed E-state index contributed by atoms with van der Waals surface area (Å²) in [6.45, 7) is -0.246. The summed E-state index contributed by atoms with van der Waals surface area (Å²) >= 11 is 0. The second-order valence-electron chi connectivity index (χ2n) is 3.44. The van der Waals surface area contributed by atoms with Crippen molar-refractivity contribution in [1.29, 1.82) is 0 Å². The van der Waals surface area contributed by atoms with Crippen LogP contribution < -0.4 is 0 Å². The quantitative estimate of drug-likeness (QED) is 0.824. The zero-order valence-electron chi connectivity index (χ0n) is 8.45. The maximum absolute atomic E-state index is 13.6. The number of aliphatic hydroxyl groups excluding tert-OH is 1. The minimum atomic E-state index is -0.418. The molecule has 0 bridgehead atoms. The average Bonchev–Trinajstić information content (AvgIpc) is 2.30. The van der Waals surface area contributed by atoms with Crippen LogP contribution in [0.3, 0.4) is 0 Å². The van der Waals surface area contributed by atoms with E-state index in [4.69, 9.17) is 5.11 Å². The molecule has 0 heterocycles. The molecule has 0 aliphatic heterocycles. The van der Waals surface area contributed by atoms with E-state index in [2.05, 4.69) is 0 Å². The van der Waals surface area contributed by atoms with Gasteiger partial charge in [0.15, 0.2) is 0 Å². The van der Waals surface area contributed by atoms with Crippen LogP contribution >= 0.6 is 0 Å². The van der Waals surface area contributed by atoms with Gasteiger partial charge in [-0.15, -0.1) is 0 Å². The molecular weight excluding hydrogens is 210 g/mol. The van der Waals surface area contributed by atoms with Crippen LogP contribution in [-0.2, 0) is 6.61 Å². The van der Waals surface area contributed by atoms with Crippen LogP contribution in [-0.4, -0.2) is 5.11 Å². The fraction of sp³-hybridized carbons (Fsp3) is 0.0769. The SMILES string of the molecule is OCc1cccc(F)c1-c1ccc(F)cc1. The Morgan fingerprint density at radius 2 is 1.62 bits per heavy atom. The molecule has 0 fully saturated rings. The van der Waals surface area contributed by atoms with Crippen molar-refractivity contribution in [2.75, 3.05) is 0 Å². The molecule has 0 atom stereocenters. The fourth-order valence-corrected chi connectivity index (χ4v) is 1.64. The van der Waals surface area contributed by atoms with Gasteiger partial charge in [0, 0.05) is 5.56 Å². The first-order chi connectivity index (χ1) is 7.72. The highest BCUT2D eigenvalue weighted by molar-refractivity contribution is 5.67. The van der Waals surface area contributed by atoms with Gasteiger partial charge in [-0.25, -0.2) is 8.78 Å². The lowest BCUT2D eigenvalue weighted by atomic mass is 9.99. The summed E-state index contributed by atoms with van der Waals surface area (Å²) in [7, 11) is 0. The summed E-state index contributed by atoms with van der Waals surface area (Å²) in [6.07, 6.45) is 0. The third kappa shape index (κ3) is 1.95. The number of hydrogen-bond acceptors (Lipinski definition) is 1. The Labute approximate surface area is 92.0 Å². The molecule has 3 heteroatoms. The minimum absolute atomic E-state index is 0.246. The van der Waals surface area contributed by atoms with Gasteiger partial charge >= 0.3 is 0 Å². The highest BCUT2D eigenvalue weighted by Gasteiger charge is 2.09. The fourth-order valence-electron chi connectivity index (χ4n) is 1.64. The molecular formula is C13H10F2O. The van der Waals surface area contributed by atoms with E-state index in [0.29, 0.717) is 16.7 Å². The van der Waals surface area contributed by atoms with Gasteiger partial charge in [0.05, 0.1) is 6.61 Å². The second-order valence-corrected chi connectivity index (χ2v) is 3.44. The van der Waals surface area contributed by atoms with E-state index >= 15 is 0 Å². The Morgan fingerprint density at radius 1 is 0.938 bits per heavy atom. The Morgan fingerprint density at radius 3 is 2.25 bits per heavy atom. The van der Waals surface area contributed by atoms with Crippen LogP contribution in [0.25, 0.3) is 11.1 Å². The molecule has 0 unspecified atom stereocenters. The summed E-state index contributed by atoms with van der Waals surface area (Å²) in [5, 5.41) is 9.12. The van der Waals surface area contributed by atoms with Gasteiger partial charge in [-0.3, -0.25) is 0 Å². The number of aliphatic hydroxyl groups is 1. The van der Waals surface area contributed by atoms with Crippen LogP contribution in [0.2, 0.25) is 0 Å². The van der Waals surface area contributed by atoms with Gasteiger partial charge in [0.25, 0.3) is 0 Å². The van der Waals surface area contributed by atoms with Crippen LogP contribution in [0.4, 0.5) is 8.78 Å². The van der Waals surface area contributed by atoms with Crippen LogP contribution in [0.1, 0.15) is 5.56 Å². The maximum atomic E-state index is 13.6. The van der Waals surface area contributed by atoms with Crippen molar-refractivity contribution in [3.05, 3.63) is 59.7 Å². The smallest absolute Gasteiger partial charge is 0.131 e. The van der Waals surface area contributed by atoms with Crippen molar-refractivity contribution in [2.24, 2.45) is 0 Å². The van der Waals surface area contributed by atoms with E-state index in [-0.39, 0.29) is 12.4 Å². The van der Waals surface area contributed by atoms with Gasteiger partial charge in [-0.1, -0.05) is 24.3 Å². The Hall–Kier alpha value is -1.74. The molecule has 0 saturated carbocycles. The van der Waals surface area contributed by atoms with E-state index in [9.17, 15) is 8.78 Å². The molecule has 0 saturated heterocycles. The van der Waals surface area contributed by atoms with Crippen molar-refractivity contribution in [1.82, 2.24) is 0 Å². The van der Waals surface area contributed by atoms with E-state index in [1.54, 1.807) is 6.07 Å². The summed E-state index contributed by atoms with van der Waals surface area (Å²) in [4.78, 5) is 0. The molecule has 0 aliphatic carbocycles. The lowest BCUT2D eigenvalue weighted by Crippen LogP contribution is -1.93. The monoisotopic (exact) mass is 220 g/mol. The Kier molecular flexibility index (Phi) is 2.97. The van der Waals surface area contributed by atoms with Crippen molar-refractivity contribution >= 4 is 0 Å². The molecule has 0 spiro atoms. The van der Waals surface area contributed by atoms with Gasteiger partial charge < -0.3 is 5.11 Å². The largest absolute Gasteiger partial charge is 0.392 e. The number of rotatable bonds is 2. The summed E-state index contributed by atoms with van der Waals surface area (Å²) in [6, 6.07) is 10.0. The predicted octanol–water partition coefficient (Wildman–Crippen LogP) is 3.12. The lowest BCUT2D eigenvalue weighted by molar-refractivity contribution is 0.282. The Balaban J connectivity index is 2.58. The molecule has 0 amide bonds. The first-order valence-corrected chi connectivity index (χ1v) is 4.86. The summed E-state index contributed by atoms with van der Waals surface area (Å²) in [5.41, 5.74) is 1.38. The van der Waals surface area contributed by atoms with Gasteiger partial charge in [-0.2, -0.15) is 0 Å². The minimum Gasteiger partial charge on any atom is -0.392 e. The van der Waals surface area contributed by atoms with Crippen molar-refractivity contribution in [2.45, 2.75) is 6.61 Å². The molecule has 0 aliphatic rings. The molecule has 0 aromatic heterocycles. The highest BCUT2D eigenvalue weighted by atomic mass is 19.1. The standard InChI is InChI=1S/C13H10F2O/c14-11-6-4-9(5-7-11)13-10(8-16)2-1-3-12(13)15/h1-7,16H,8H2. The predicted molar refractivity (Wildman–Crippen MR) is 57.7 cm³/mol. The molecule has 82 valence electrons. The van der Waals surface area contributed by atoms with Gasteiger partial charge in [0.2, 0.25) is 0 Å². The molecule has 2 aromatic rings. The maximum Gasteiger partial charge on any atom is 0.131 e. The van der Waals surface area contributed by atoms with E-state index < -0.39 is 5.82 Å². The van der Waals surface area contributed by atoms with Crippen LogP contribution in [0.5, 0.6) is 0 Å².